The van der Waals surface area contributed by atoms with Crippen LogP contribution in [0.2, 0.25) is 0 Å². The van der Waals surface area contributed by atoms with E-state index < -0.39 is 0 Å². The third kappa shape index (κ3) is 28.3. The van der Waals surface area contributed by atoms with Crippen LogP contribution >= 0.6 is 0 Å². The molecule has 1 unspecified atom stereocenters. The quantitative estimate of drug-likeness (QED) is 0.248. The SMILES string of the molecule is C/C=C(\C)C/C=C/C(C)(C)C.C/C=C(\C)CCC(=N)C(C)C.C=C(C)C(N)CC/C(C)=C/C. The van der Waals surface area contributed by atoms with Gasteiger partial charge >= 0.3 is 0 Å². The maximum absolute atomic E-state index is 7.58. The zero-order chi connectivity index (χ0) is 26.6. The fourth-order valence-electron chi connectivity index (χ4n) is 2.25. The van der Waals surface area contributed by atoms with Crippen molar-refractivity contribution in [1.82, 2.24) is 0 Å². The molecule has 33 heavy (non-hydrogen) atoms. The van der Waals surface area contributed by atoms with Gasteiger partial charge in [0, 0.05) is 11.8 Å². The molecular weight excluding hydrogens is 400 g/mol. The Morgan fingerprint density at radius 3 is 1.67 bits per heavy atom. The largest absolute Gasteiger partial charge is 0.324 e. The van der Waals surface area contributed by atoms with Crippen molar-refractivity contribution in [2.45, 2.75) is 121 Å². The van der Waals surface area contributed by atoms with Crippen molar-refractivity contribution >= 4 is 5.71 Å². The standard InChI is InChI=1S/C11H20.2C10H19N/c1-6-10(2)8-7-9-11(3,4)5;2*1-5-9(4)6-7-10(11)8(2)3/h6-7,9H,8H2,1-5H3;5,8,11H,6-7H2,1-4H3;5,10H,2,6-7,11H2,1,3-4H3/b9-7+,10-6+;9-5+,11-10?;9-5+. The van der Waals surface area contributed by atoms with Crippen molar-refractivity contribution < 1.29 is 0 Å². The minimum Gasteiger partial charge on any atom is -0.324 e. The van der Waals surface area contributed by atoms with Crippen LogP contribution in [0.4, 0.5) is 0 Å². The van der Waals surface area contributed by atoms with Gasteiger partial charge in [-0.1, -0.05) is 93.9 Å². The summed E-state index contributed by atoms with van der Waals surface area (Å²) in [5, 5.41) is 7.58. The molecule has 0 aromatic rings. The Balaban J connectivity index is -0.000000409. The Morgan fingerprint density at radius 1 is 0.848 bits per heavy atom. The summed E-state index contributed by atoms with van der Waals surface area (Å²) in [5.74, 6) is 0.416. The molecule has 0 aliphatic rings. The maximum Gasteiger partial charge on any atom is 0.0251 e. The highest BCUT2D eigenvalue weighted by Crippen LogP contribution is 2.15. The minimum atomic E-state index is 0.171. The second kappa shape index (κ2) is 20.9. The van der Waals surface area contributed by atoms with E-state index in [1.54, 1.807) is 0 Å². The molecule has 0 spiro atoms. The summed E-state index contributed by atoms with van der Waals surface area (Å²) >= 11 is 0. The molecule has 2 nitrogen and oxygen atoms in total. The number of hydrogen-bond acceptors (Lipinski definition) is 2. The number of rotatable bonds is 10. The fourth-order valence-corrected chi connectivity index (χ4v) is 2.25. The Morgan fingerprint density at radius 2 is 1.30 bits per heavy atom. The van der Waals surface area contributed by atoms with E-state index in [-0.39, 0.29) is 6.04 Å². The molecule has 0 bridgehead atoms. The molecule has 3 N–H and O–H groups in total. The second-order valence-corrected chi connectivity index (χ2v) is 10.5. The van der Waals surface area contributed by atoms with Crippen LogP contribution in [0.5, 0.6) is 0 Å². The highest BCUT2D eigenvalue weighted by molar-refractivity contribution is 5.83. The van der Waals surface area contributed by atoms with E-state index in [0.717, 1.165) is 43.4 Å². The van der Waals surface area contributed by atoms with Crippen molar-refractivity contribution in [2.75, 3.05) is 0 Å². The Bertz CT molecular complexity index is 649. The molecule has 0 radical (unpaired) electrons. The first kappa shape index (κ1) is 35.9. The molecule has 0 amide bonds. The van der Waals surface area contributed by atoms with E-state index >= 15 is 0 Å². The smallest absolute Gasteiger partial charge is 0.0251 e. The Labute approximate surface area is 208 Å². The van der Waals surface area contributed by atoms with Crippen LogP contribution in [-0.2, 0) is 0 Å². The molecule has 0 saturated heterocycles. The first-order valence-corrected chi connectivity index (χ1v) is 12.6. The molecule has 0 fully saturated rings. The zero-order valence-electron chi connectivity index (χ0n) is 24.4. The van der Waals surface area contributed by atoms with E-state index in [2.05, 4.69) is 106 Å². The summed E-state index contributed by atoms with van der Waals surface area (Å²) in [6.45, 7) is 29.2. The van der Waals surface area contributed by atoms with Gasteiger partial charge in [-0.25, -0.2) is 0 Å². The van der Waals surface area contributed by atoms with E-state index in [4.69, 9.17) is 11.1 Å². The third-order valence-corrected chi connectivity index (χ3v) is 5.50. The lowest BCUT2D eigenvalue weighted by Crippen LogP contribution is -2.20. The number of nitrogens with two attached hydrogens (primary N) is 1. The van der Waals surface area contributed by atoms with Crippen molar-refractivity contribution in [3.05, 3.63) is 59.3 Å². The number of nitrogens with one attached hydrogen (secondary N) is 1. The first-order chi connectivity index (χ1) is 15.1. The van der Waals surface area contributed by atoms with Gasteiger partial charge in [0.15, 0.2) is 0 Å². The molecule has 2 heteroatoms. The lowest BCUT2D eigenvalue weighted by atomic mass is 9.95. The highest BCUT2D eigenvalue weighted by Gasteiger charge is 2.03. The second-order valence-electron chi connectivity index (χ2n) is 10.5. The first-order valence-electron chi connectivity index (χ1n) is 12.6. The fraction of sp³-hybridized carbons (Fsp3) is 0.645. The average molecular weight is 459 g/mol. The van der Waals surface area contributed by atoms with Gasteiger partial charge in [0.25, 0.3) is 0 Å². The van der Waals surface area contributed by atoms with E-state index in [9.17, 15) is 0 Å². The molecule has 1 atom stereocenters. The molecular formula is C31H58N2. The lowest BCUT2D eigenvalue weighted by Gasteiger charge is -2.10. The van der Waals surface area contributed by atoms with E-state index in [1.807, 2.05) is 13.8 Å². The summed E-state index contributed by atoms with van der Waals surface area (Å²) in [6.07, 6.45) is 16.1. The van der Waals surface area contributed by atoms with Crippen LogP contribution in [0.25, 0.3) is 0 Å². The van der Waals surface area contributed by atoms with Gasteiger partial charge in [-0.05, 0) is 91.9 Å². The number of hydrogen-bond donors (Lipinski definition) is 2. The van der Waals surface area contributed by atoms with Crippen molar-refractivity contribution in [3.63, 3.8) is 0 Å². The topological polar surface area (TPSA) is 49.9 Å². The molecule has 0 heterocycles. The molecule has 0 rings (SSSR count). The molecule has 0 saturated carbocycles. The summed E-state index contributed by atoms with van der Waals surface area (Å²) < 4.78 is 0. The van der Waals surface area contributed by atoms with Crippen molar-refractivity contribution in [1.29, 1.82) is 5.41 Å². The van der Waals surface area contributed by atoms with Crippen LogP contribution < -0.4 is 5.73 Å². The summed E-state index contributed by atoms with van der Waals surface area (Å²) in [7, 11) is 0. The van der Waals surface area contributed by atoms with Crippen molar-refractivity contribution in [2.24, 2.45) is 17.1 Å². The Hall–Kier alpha value is -1.67. The van der Waals surface area contributed by atoms with Gasteiger partial charge in [0.2, 0.25) is 0 Å². The van der Waals surface area contributed by atoms with Crippen LogP contribution in [0.1, 0.15) is 115 Å². The molecule has 0 aromatic carbocycles. The van der Waals surface area contributed by atoms with E-state index in [1.165, 1.54) is 16.7 Å². The minimum absolute atomic E-state index is 0.171. The highest BCUT2D eigenvalue weighted by atomic mass is 14.6. The summed E-state index contributed by atoms with van der Waals surface area (Å²) in [5.41, 5.74) is 12.3. The predicted molar refractivity (Wildman–Crippen MR) is 155 cm³/mol. The maximum atomic E-state index is 7.58. The van der Waals surface area contributed by atoms with Gasteiger partial charge in [0.1, 0.15) is 0 Å². The van der Waals surface area contributed by atoms with Crippen LogP contribution in [0, 0.1) is 16.7 Å². The molecule has 0 aliphatic heterocycles. The average Bonchev–Trinajstić information content (AvgIpc) is 2.74. The van der Waals surface area contributed by atoms with Gasteiger partial charge in [-0.2, -0.15) is 0 Å². The van der Waals surface area contributed by atoms with Crippen molar-refractivity contribution in [3.8, 4) is 0 Å². The number of allylic oxidation sites excluding steroid dienone is 8. The Kier molecular flexibility index (Phi) is 22.7. The molecule has 0 aromatic heterocycles. The van der Waals surface area contributed by atoms with Crippen LogP contribution in [-0.4, -0.2) is 11.8 Å². The zero-order valence-corrected chi connectivity index (χ0v) is 24.4. The predicted octanol–water partition coefficient (Wildman–Crippen LogP) is 9.99. The van der Waals surface area contributed by atoms with Gasteiger partial charge < -0.3 is 11.1 Å². The molecule has 0 aliphatic carbocycles. The third-order valence-electron chi connectivity index (χ3n) is 5.50. The lowest BCUT2D eigenvalue weighted by molar-refractivity contribution is 0.542. The summed E-state index contributed by atoms with van der Waals surface area (Å²) in [4.78, 5) is 0. The van der Waals surface area contributed by atoms with Crippen LogP contribution in [0.15, 0.2) is 59.3 Å². The van der Waals surface area contributed by atoms with Crippen LogP contribution in [0.3, 0.4) is 0 Å². The van der Waals surface area contributed by atoms with E-state index in [0.29, 0.717) is 11.3 Å². The molecule has 192 valence electrons. The normalized spacial score (nSPS) is 13.8. The monoisotopic (exact) mass is 458 g/mol. The summed E-state index contributed by atoms with van der Waals surface area (Å²) in [6, 6.07) is 0.171. The van der Waals surface area contributed by atoms with Gasteiger partial charge in [-0.15, -0.1) is 0 Å². The van der Waals surface area contributed by atoms with Gasteiger partial charge in [-0.3, -0.25) is 0 Å². The van der Waals surface area contributed by atoms with Gasteiger partial charge in [0.05, 0.1) is 0 Å².